The zero-order valence-electron chi connectivity index (χ0n) is 6.42. The zero-order valence-corrected chi connectivity index (χ0v) is 6.42. The van der Waals surface area contributed by atoms with Gasteiger partial charge >= 0.3 is 0 Å². The molecular formula is C8H11FN2. The summed E-state index contributed by atoms with van der Waals surface area (Å²) in [5.74, 6) is -0.205. The van der Waals surface area contributed by atoms with E-state index in [1.807, 2.05) is 6.92 Å². The van der Waals surface area contributed by atoms with Crippen molar-refractivity contribution < 1.29 is 4.39 Å². The van der Waals surface area contributed by atoms with Gasteiger partial charge in [0.05, 0.1) is 6.20 Å². The number of halogens is 1. The summed E-state index contributed by atoms with van der Waals surface area (Å²) in [5.41, 5.74) is 6.03. The molecule has 0 saturated heterocycles. The highest BCUT2D eigenvalue weighted by atomic mass is 19.1. The monoisotopic (exact) mass is 154 g/mol. The van der Waals surface area contributed by atoms with Gasteiger partial charge in [-0.2, -0.15) is 0 Å². The Morgan fingerprint density at radius 3 is 3.00 bits per heavy atom. The molecule has 2 N–H and O–H groups in total. The van der Waals surface area contributed by atoms with Gasteiger partial charge in [-0.3, -0.25) is 4.98 Å². The third kappa shape index (κ3) is 1.74. The van der Waals surface area contributed by atoms with E-state index in [0.29, 0.717) is 12.1 Å². The van der Waals surface area contributed by atoms with E-state index in [1.54, 1.807) is 12.3 Å². The molecule has 0 saturated carbocycles. The minimum Gasteiger partial charge on any atom is -0.330 e. The van der Waals surface area contributed by atoms with Gasteiger partial charge in [-0.15, -0.1) is 0 Å². The first-order valence-corrected chi connectivity index (χ1v) is 3.55. The Bertz CT molecular complexity index is 237. The molecular weight excluding hydrogens is 143 g/mol. The molecule has 1 aromatic rings. The van der Waals surface area contributed by atoms with Crippen LogP contribution in [0.1, 0.15) is 18.4 Å². The lowest BCUT2D eigenvalue weighted by Crippen LogP contribution is -2.10. The second-order valence-corrected chi connectivity index (χ2v) is 2.53. The number of hydrogen-bond acceptors (Lipinski definition) is 2. The van der Waals surface area contributed by atoms with Gasteiger partial charge in [0.1, 0.15) is 5.82 Å². The third-order valence-electron chi connectivity index (χ3n) is 1.69. The predicted molar refractivity (Wildman–Crippen MR) is 41.7 cm³/mol. The highest BCUT2D eigenvalue weighted by molar-refractivity contribution is 5.17. The Labute approximate surface area is 65.3 Å². The van der Waals surface area contributed by atoms with Crippen LogP contribution in [0, 0.1) is 5.82 Å². The second kappa shape index (κ2) is 3.44. The molecule has 0 amide bonds. The van der Waals surface area contributed by atoms with Crippen LogP contribution in [-0.4, -0.2) is 11.5 Å². The van der Waals surface area contributed by atoms with Crippen molar-refractivity contribution in [3.05, 3.63) is 29.8 Å². The largest absolute Gasteiger partial charge is 0.330 e. The van der Waals surface area contributed by atoms with Crippen molar-refractivity contribution in [2.45, 2.75) is 12.8 Å². The fourth-order valence-electron chi connectivity index (χ4n) is 0.913. The standard InChI is InChI=1S/C8H11FN2/c1-6(4-10)7-2-3-11-5-8(7)9/h2-3,5-6H,4,10H2,1H3. The molecule has 3 heteroatoms. The molecule has 2 nitrogen and oxygen atoms in total. The summed E-state index contributed by atoms with van der Waals surface area (Å²) in [5, 5.41) is 0. The van der Waals surface area contributed by atoms with Crippen molar-refractivity contribution in [1.29, 1.82) is 0 Å². The Kier molecular flexibility index (Phi) is 2.54. The average Bonchev–Trinajstić information content (AvgIpc) is 2.04. The van der Waals surface area contributed by atoms with E-state index in [4.69, 9.17) is 5.73 Å². The van der Waals surface area contributed by atoms with Crippen LogP contribution in [0.25, 0.3) is 0 Å². The number of hydrogen-bond donors (Lipinski definition) is 1. The first kappa shape index (κ1) is 8.14. The van der Waals surface area contributed by atoms with E-state index in [2.05, 4.69) is 4.98 Å². The van der Waals surface area contributed by atoms with Crippen LogP contribution in [0.3, 0.4) is 0 Å². The Balaban J connectivity index is 2.93. The van der Waals surface area contributed by atoms with Gasteiger partial charge in [0.15, 0.2) is 0 Å². The van der Waals surface area contributed by atoms with Crippen LogP contribution in [0.5, 0.6) is 0 Å². The molecule has 1 aromatic heterocycles. The number of rotatable bonds is 2. The molecule has 0 radical (unpaired) electrons. The normalized spacial score (nSPS) is 13.0. The van der Waals surface area contributed by atoms with E-state index in [1.165, 1.54) is 6.20 Å². The fraction of sp³-hybridized carbons (Fsp3) is 0.375. The summed E-state index contributed by atoms with van der Waals surface area (Å²) < 4.78 is 12.9. The number of nitrogens with zero attached hydrogens (tertiary/aromatic N) is 1. The molecule has 1 heterocycles. The molecule has 0 aliphatic heterocycles. The second-order valence-electron chi connectivity index (χ2n) is 2.53. The lowest BCUT2D eigenvalue weighted by molar-refractivity contribution is 0.584. The maximum atomic E-state index is 12.9. The molecule has 0 bridgehead atoms. The van der Waals surface area contributed by atoms with Crippen LogP contribution < -0.4 is 5.73 Å². The smallest absolute Gasteiger partial charge is 0.144 e. The average molecular weight is 154 g/mol. The Morgan fingerprint density at radius 1 is 1.73 bits per heavy atom. The van der Waals surface area contributed by atoms with Crippen LogP contribution >= 0.6 is 0 Å². The summed E-state index contributed by atoms with van der Waals surface area (Å²) in [6.45, 7) is 2.35. The molecule has 1 unspecified atom stereocenters. The molecule has 0 aromatic carbocycles. The topological polar surface area (TPSA) is 38.9 Å². The van der Waals surface area contributed by atoms with Crippen molar-refractivity contribution in [2.24, 2.45) is 5.73 Å². The molecule has 11 heavy (non-hydrogen) atoms. The third-order valence-corrected chi connectivity index (χ3v) is 1.69. The summed E-state index contributed by atoms with van der Waals surface area (Å²) >= 11 is 0. The first-order valence-electron chi connectivity index (χ1n) is 3.55. The lowest BCUT2D eigenvalue weighted by Gasteiger charge is -2.08. The fourth-order valence-corrected chi connectivity index (χ4v) is 0.913. The van der Waals surface area contributed by atoms with Gasteiger partial charge < -0.3 is 5.73 Å². The van der Waals surface area contributed by atoms with Crippen LogP contribution in [0.4, 0.5) is 4.39 Å². The van der Waals surface area contributed by atoms with E-state index in [9.17, 15) is 4.39 Å². The molecule has 1 rings (SSSR count). The SMILES string of the molecule is CC(CN)c1ccncc1F. The molecule has 60 valence electrons. The molecule has 0 aliphatic carbocycles. The Hall–Kier alpha value is -0.960. The number of nitrogens with two attached hydrogens (primary N) is 1. The Morgan fingerprint density at radius 2 is 2.45 bits per heavy atom. The minimum atomic E-state index is -0.273. The molecule has 0 spiro atoms. The zero-order chi connectivity index (χ0) is 8.27. The predicted octanol–water partition coefficient (Wildman–Crippen LogP) is 1.28. The first-order chi connectivity index (χ1) is 5.25. The lowest BCUT2D eigenvalue weighted by atomic mass is 10.0. The van der Waals surface area contributed by atoms with Crippen molar-refractivity contribution in [1.82, 2.24) is 4.98 Å². The highest BCUT2D eigenvalue weighted by Gasteiger charge is 2.07. The van der Waals surface area contributed by atoms with Gasteiger partial charge in [0.2, 0.25) is 0 Å². The van der Waals surface area contributed by atoms with Gasteiger partial charge in [-0.1, -0.05) is 6.92 Å². The van der Waals surface area contributed by atoms with Gasteiger partial charge in [0, 0.05) is 6.20 Å². The molecule has 0 fully saturated rings. The van der Waals surface area contributed by atoms with Crippen LogP contribution in [0.2, 0.25) is 0 Å². The summed E-state index contributed by atoms with van der Waals surface area (Å²) in [7, 11) is 0. The van der Waals surface area contributed by atoms with Gasteiger partial charge in [-0.05, 0) is 24.1 Å². The van der Waals surface area contributed by atoms with Crippen molar-refractivity contribution in [3.63, 3.8) is 0 Å². The number of aromatic nitrogens is 1. The highest BCUT2D eigenvalue weighted by Crippen LogP contribution is 2.15. The van der Waals surface area contributed by atoms with E-state index >= 15 is 0 Å². The summed E-state index contributed by atoms with van der Waals surface area (Å²) in [6.07, 6.45) is 2.78. The maximum Gasteiger partial charge on any atom is 0.144 e. The van der Waals surface area contributed by atoms with E-state index in [-0.39, 0.29) is 11.7 Å². The van der Waals surface area contributed by atoms with E-state index < -0.39 is 0 Å². The number of pyridine rings is 1. The maximum absolute atomic E-state index is 12.9. The van der Waals surface area contributed by atoms with Gasteiger partial charge in [0.25, 0.3) is 0 Å². The summed E-state index contributed by atoms with van der Waals surface area (Å²) in [6, 6.07) is 1.66. The quantitative estimate of drug-likeness (QED) is 0.697. The molecule has 1 atom stereocenters. The van der Waals surface area contributed by atoms with Crippen molar-refractivity contribution >= 4 is 0 Å². The van der Waals surface area contributed by atoms with Gasteiger partial charge in [-0.25, -0.2) is 4.39 Å². The molecule has 0 aliphatic rings. The van der Waals surface area contributed by atoms with E-state index in [0.717, 1.165) is 0 Å². The van der Waals surface area contributed by atoms with Crippen molar-refractivity contribution in [2.75, 3.05) is 6.54 Å². The van der Waals surface area contributed by atoms with Crippen LogP contribution in [0.15, 0.2) is 18.5 Å². The van der Waals surface area contributed by atoms with Crippen LogP contribution in [-0.2, 0) is 0 Å². The minimum absolute atomic E-state index is 0.0676. The summed E-state index contributed by atoms with van der Waals surface area (Å²) in [4.78, 5) is 3.65. The van der Waals surface area contributed by atoms with Crippen molar-refractivity contribution in [3.8, 4) is 0 Å².